The second kappa shape index (κ2) is 5.67. The smallest absolute Gasteiger partial charge is 0.364 e. The molecule has 0 amide bonds. The van der Waals surface area contributed by atoms with Crippen LogP contribution in [0.3, 0.4) is 0 Å². The van der Waals surface area contributed by atoms with Crippen molar-refractivity contribution in [3.8, 4) is 0 Å². The van der Waals surface area contributed by atoms with Gasteiger partial charge in [0.15, 0.2) is 5.65 Å². The van der Waals surface area contributed by atoms with E-state index in [1.807, 2.05) is 0 Å². The van der Waals surface area contributed by atoms with Crippen LogP contribution in [0.5, 0.6) is 0 Å². The van der Waals surface area contributed by atoms with Crippen LogP contribution in [0.1, 0.15) is 19.3 Å². The van der Waals surface area contributed by atoms with Gasteiger partial charge in [0.1, 0.15) is 5.82 Å². The molecule has 6 nitrogen and oxygen atoms in total. The van der Waals surface area contributed by atoms with E-state index in [2.05, 4.69) is 20.6 Å². The SMILES string of the molecule is O=c1[nH]nc2ccc(NCCCCCCl)nn12. The van der Waals surface area contributed by atoms with Gasteiger partial charge in [-0.05, 0) is 25.0 Å². The average Bonchev–Trinajstić information content (AvgIpc) is 2.71. The van der Waals surface area contributed by atoms with Crippen molar-refractivity contribution < 1.29 is 0 Å². The van der Waals surface area contributed by atoms with Gasteiger partial charge >= 0.3 is 5.69 Å². The molecule has 0 bridgehead atoms. The molecular formula is C10H14ClN5O. The van der Waals surface area contributed by atoms with Crippen LogP contribution >= 0.6 is 11.6 Å². The number of aromatic nitrogens is 4. The molecule has 0 radical (unpaired) electrons. The number of hydrogen-bond acceptors (Lipinski definition) is 4. The molecule has 0 aliphatic carbocycles. The summed E-state index contributed by atoms with van der Waals surface area (Å²) in [4.78, 5) is 11.3. The van der Waals surface area contributed by atoms with Gasteiger partial charge in [-0.25, -0.2) is 9.89 Å². The minimum atomic E-state index is -0.328. The van der Waals surface area contributed by atoms with Gasteiger partial charge in [-0.1, -0.05) is 6.42 Å². The lowest BCUT2D eigenvalue weighted by atomic mass is 10.2. The van der Waals surface area contributed by atoms with Gasteiger partial charge in [-0.2, -0.15) is 9.61 Å². The first-order chi connectivity index (χ1) is 8.31. The summed E-state index contributed by atoms with van der Waals surface area (Å²) in [6, 6.07) is 3.54. The van der Waals surface area contributed by atoms with Gasteiger partial charge in [0, 0.05) is 12.4 Å². The second-order valence-electron chi connectivity index (χ2n) is 3.69. The molecule has 2 aromatic heterocycles. The molecule has 0 aliphatic rings. The van der Waals surface area contributed by atoms with Gasteiger partial charge in [0.25, 0.3) is 0 Å². The normalized spacial score (nSPS) is 10.9. The lowest BCUT2D eigenvalue weighted by Gasteiger charge is -2.04. The van der Waals surface area contributed by atoms with Gasteiger partial charge in [0.2, 0.25) is 0 Å². The lowest BCUT2D eigenvalue weighted by molar-refractivity contribution is 0.743. The van der Waals surface area contributed by atoms with E-state index in [0.717, 1.165) is 25.8 Å². The van der Waals surface area contributed by atoms with Gasteiger partial charge < -0.3 is 5.32 Å². The zero-order valence-corrected chi connectivity index (χ0v) is 10.1. The standard InChI is InChI=1S/C10H14ClN5O/c11-6-2-1-3-7-12-8-4-5-9-13-14-10(17)16(9)15-8/h4-5H,1-3,6-7H2,(H,12,15)(H,14,17). The molecule has 0 saturated carbocycles. The van der Waals surface area contributed by atoms with Crippen molar-refractivity contribution in [1.29, 1.82) is 0 Å². The second-order valence-corrected chi connectivity index (χ2v) is 4.07. The predicted molar refractivity (Wildman–Crippen MR) is 66.7 cm³/mol. The number of H-pyrrole nitrogens is 1. The Labute approximate surface area is 103 Å². The zero-order chi connectivity index (χ0) is 12.1. The molecule has 17 heavy (non-hydrogen) atoms. The van der Waals surface area contributed by atoms with Gasteiger partial charge in [-0.3, -0.25) is 0 Å². The summed E-state index contributed by atoms with van der Waals surface area (Å²) in [5.41, 5.74) is 0.188. The summed E-state index contributed by atoms with van der Waals surface area (Å²) in [7, 11) is 0. The van der Waals surface area contributed by atoms with E-state index in [9.17, 15) is 4.79 Å². The molecule has 0 fully saturated rings. The van der Waals surface area contributed by atoms with Crippen molar-refractivity contribution in [1.82, 2.24) is 19.8 Å². The number of halogens is 1. The Morgan fingerprint density at radius 3 is 3.06 bits per heavy atom. The van der Waals surface area contributed by atoms with E-state index in [1.54, 1.807) is 12.1 Å². The summed E-state index contributed by atoms with van der Waals surface area (Å²) in [6.07, 6.45) is 3.15. The molecule has 2 aromatic rings. The van der Waals surface area contributed by atoms with Crippen molar-refractivity contribution in [2.45, 2.75) is 19.3 Å². The molecule has 0 spiro atoms. The molecule has 2 N–H and O–H groups in total. The number of alkyl halides is 1. The predicted octanol–water partition coefficient (Wildman–Crippen LogP) is 1.24. The maximum atomic E-state index is 11.3. The average molecular weight is 256 g/mol. The van der Waals surface area contributed by atoms with E-state index in [0.29, 0.717) is 17.3 Å². The highest BCUT2D eigenvalue weighted by Gasteiger charge is 2.01. The van der Waals surface area contributed by atoms with Crippen LogP contribution in [0, 0.1) is 0 Å². The first-order valence-corrected chi connectivity index (χ1v) is 6.09. The molecule has 7 heteroatoms. The van der Waals surface area contributed by atoms with Crippen LogP contribution in [0.2, 0.25) is 0 Å². The summed E-state index contributed by atoms with van der Waals surface area (Å²) >= 11 is 5.59. The van der Waals surface area contributed by atoms with E-state index >= 15 is 0 Å². The summed E-state index contributed by atoms with van der Waals surface area (Å²) in [5.74, 6) is 1.38. The molecular weight excluding hydrogens is 242 g/mol. The fraction of sp³-hybridized carbons (Fsp3) is 0.500. The minimum absolute atomic E-state index is 0.328. The van der Waals surface area contributed by atoms with Crippen molar-refractivity contribution in [2.24, 2.45) is 0 Å². The van der Waals surface area contributed by atoms with Crippen LogP contribution < -0.4 is 11.0 Å². The monoisotopic (exact) mass is 255 g/mol. The summed E-state index contributed by atoms with van der Waals surface area (Å²) in [5, 5.41) is 13.4. The highest BCUT2D eigenvalue weighted by Crippen LogP contribution is 2.04. The number of rotatable bonds is 6. The Morgan fingerprint density at radius 1 is 1.35 bits per heavy atom. The Hall–Kier alpha value is -1.56. The Morgan fingerprint density at radius 2 is 2.24 bits per heavy atom. The number of nitrogens with zero attached hydrogens (tertiary/aromatic N) is 3. The van der Waals surface area contributed by atoms with Crippen LogP contribution in [0.15, 0.2) is 16.9 Å². The highest BCUT2D eigenvalue weighted by molar-refractivity contribution is 6.17. The van der Waals surface area contributed by atoms with E-state index < -0.39 is 0 Å². The third kappa shape index (κ3) is 2.97. The number of anilines is 1. The number of unbranched alkanes of at least 4 members (excludes halogenated alkanes) is 2. The van der Waals surface area contributed by atoms with Gasteiger partial charge in [-0.15, -0.1) is 16.7 Å². The first-order valence-electron chi connectivity index (χ1n) is 5.55. The Balaban J connectivity index is 1.94. The van der Waals surface area contributed by atoms with Gasteiger partial charge in [0.05, 0.1) is 0 Å². The molecule has 0 atom stereocenters. The molecule has 2 heterocycles. The lowest BCUT2D eigenvalue weighted by Crippen LogP contribution is -2.14. The number of nitrogens with one attached hydrogen (secondary N) is 2. The minimum Gasteiger partial charge on any atom is -0.369 e. The quantitative estimate of drug-likeness (QED) is 0.602. The largest absolute Gasteiger partial charge is 0.369 e. The van der Waals surface area contributed by atoms with Crippen LogP contribution in [-0.2, 0) is 0 Å². The maximum Gasteiger partial charge on any atom is 0.364 e. The Kier molecular flexibility index (Phi) is 3.98. The van der Waals surface area contributed by atoms with Crippen LogP contribution in [-0.4, -0.2) is 32.2 Å². The van der Waals surface area contributed by atoms with Crippen LogP contribution in [0.25, 0.3) is 5.65 Å². The molecule has 0 unspecified atom stereocenters. The summed E-state index contributed by atoms with van der Waals surface area (Å²) < 4.78 is 1.24. The first kappa shape index (κ1) is 11.9. The van der Waals surface area contributed by atoms with Crippen molar-refractivity contribution in [2.75, 3.05) is 17.7 Å². The highest BCUT2D eigenvalue weighted by atomic mass is 35.5. The van der Waals surface area contributed by atoms with Crippen LogP contribution in [0.4, 0.5) is 5.82 Å². The van der Waals surface area contributed by atoms with E-state index in [-0.39, 0.29) is 5.69 Å². The number of hydrogen-bond donors (Lipinski definition) is 2. The number of fused-ring (bicyclic) bond motifs is 1. The van der Waals surface area contributed by atoms with Crippen molar-refractivity contribution >= 4 is 23.1 Å². The van der Waals surface area contributed by atoms with E-state index in [1.165, 1.54) is 4.52 Å². The van der Waals surface area contributed by atoms with Crippen molar-refractivity contribution in [3.05, 3.63) is 22.6 Å². The topological polar surface area (TPSA) is 75.1 Å². The molecule has 0 saturated heterocycles. The fourth-order valence-corrected chi connectivity index (χ4v) is 1.70. The fourth-order valence-electron chi connectivity index (χ4n) is 1.51. The molecule has 0 aliphatic heterocycles. The Bertz CT molecular complexity index is 535. The van der Waals surface area contributed by atoms with Crippen molar-refractivity contribution in [3.63, 3.8) is 0 Å². The third-order valence-corrected chi connectivity index (χ3v) is 2.66. The third-order valence-electron chi connectivity index (χ3n) is 2.39. The molecule has 2 rings (SSSR count). The number of aromatic amines is 1. The van der Waals surface area contributed by atoms with E-state index in [4.69, 9.17) is 11.6 Å². The molecule has 0 aromatic carbocycles. The summed E-state index contributed by atoms with van der Waals surface area (Å²) in [6.45, 7) is 0.821. The molecule has 92 valence electrons. The zero-order valence-electron chi connectivity index (χ0n) is 9.32. The maximum absolute atomic E-state index is 11.3.